The molecule has 2 aromatic rings. The van der Waals surface area contributed by atoms with Gasteiger partial charge < -0.3 is 15.5 Å². The van der Waals surface area contributed by atoms with Crippen molar-refractivity contribution in [3.8, 4) is 10.4 Å². The number of halogens is 3. The fourth-order valence-corrected chi connectivity index (χ4v) is 7.52. The number of likely N-dealkylation sites (tertiary alicyclic amines) is 1. The van der Waals surface area contributed by atoms with Gasteiger partial charge in [-0.25, -0.2) is 18.4 Å². The molecule has 2 aromatic heterocycles. The van der Waals surface area contributed by atoms with Crippen molar-refractivity contribution >= 4 is 38.8 Å². The van der Waals surface area contributed by atoms with Crippen molar-refractivity contribution in [2.75, 3.05) is 23.4 Å². The Morgan fingerprint density at radius 1 is 1.11 bits per heavy atom. The van der Waals surface area contributed by atoms with E-state index in [0.717, 1.165) is 50.8 Å². The molecule has 0 unspecified atom stereocenters. The summed E-state index contributed by atoms with van der Waals surface area (Å²) in [5.41, 5.74) is -1.54. The monoisotopic (exact) mass is 571 g/mol. The van der Waals surface area contributed by atoms with Crippen molar-refractivity contribution in [1.29, 1.82) is 0 Å². The van der Waals surface area contributed by atoms with E-state index in [1.54, 1.807) is 4.90 Å². The maximum absolute atomic E-state index is 14.3. The van der Waals surface area contributed by atoms with E-state index >= 15 is 0 Å². The molecule has 38 heavy (non-hydrogen) atoms. The van der Waals surface area contributed by atoms with Gasteiger partial charge in [0.15, 0.2) is 14.8 Å². The lowest BCUT2D eigenvalue weighted by molar-refractivity contribution is -0.137. The topological polar surface area (TPSA) is 121 Å². The van der Waals surface area contributed by atoms with Crippen LogP contribution in [0.4, 0.5) is 19.0 Å². The molecule has 4 heterocycles. The zero-order valence-corrected chi connectivity index (χ0v) is 22.3. The highest BCUT2D eigenvalue weighted by Crippen LogP contribution is 2.42. The standard InChI is InChI=1S/C24H28F3N5O4S2/c1-13-5-4-8-32(13)23(34)19-20(37-22(31-19)21(33)30-15-11-38(35,36)12-15)16-10-28-18(9-17(16)24(25,26)27)29-14-6-2-3-7-14/h9-10,13-15H,2-8,11-12H2,1H3,(H,28,29)(H,30,33)/t13-/m0/s1. The summed E-state index contributed by atoms with van der Waals surface area (Å²) in [6.07, 6.45) is 1.55. The van der Waals surface area contributed by atoms with E-state index in [2.05, 4.69) is 20.6 Å². The van der Waals surface area contributed by atoms with Crippen LogP contribution in [0.2, 0.25) is 0 Å². The Bertz CT molecular complexity index is 1340. The predicted octanol–water partition coefficient (Wildman–Crippen LogP) is 3.73. The third-order valence-electron chi connectivity index (χ3n) is 7.24. The second-order valence-corrected chi connectivity index (χ2v) is 13.3. The Labute approximate surface area is 222 Å². The van der Waals surface area contributed by atoms with Crippen LogP contribution < -0.4 is 10.6 Å². The average molecular weight is 572 g/mol. The third-order valence-corrected chi connectivity index (χ3v) is 10.2. The molecule has 2 amide bonds. The van der Waals surface area contributed by atoms with Gasteiger partial charge in [0.25, 0.3) is 11.8 Å². The second-order valence-electron chi connectivity index (χ2n) is 10.2. The molecule has 5 rings (SSSR count). The van der Waals surface area contributed by atoms with E-state index in [1.165, 1.54) is 0 Å². The molecule has 206 valence electrons. The molecule has 0 radical (unpaired) electrons. The van der Waals surface area contributed by atoms with Crippen LogP contribution in [0.3, 0.4) is 0 Å². The molecule has 2 aliphatic heterocycles. The van der Waals surface area contributed by atoms with Crippen LogP contribution in [0.15, 0.2) is 12.3 Å². The molecule has 1 saturated carbocycles. The number of aromatic nitrogens is 2. The molecule has 9 nitrogen and oxygen atoms in total. The van der Waals surface area contributed by atoms with E-state index in [0.29, 0.717) is 17.9 Å². The van der Waals surface area contributed by atoms with Gasteiger partial charge in [0.2, 0.25) is 0 Å². The quantitative estimate of drug-likeness (QED) is 0.542. The van der Waals surface area contributed by atoms with Gasteiger partial charge in [0.1, 0.15) is 11.5 Å². The summed E-state index contributed by atoms with van der Waals surface area (Å²) in [6, 6.07) is 0.273. The zero-order valence-electron chi connectivity index (χ0n) is 20.7. The van der Waals surface area contributed by atoms with Crippen molar-refractivity contribution in [3.63, 3.8) is 0 Å². The fraction of sp³-hybridized carbons (Fsp3) is 0.583. The van der Waals surface area contributed by atoms with Crippen molar-refractivity contribution in [3.05, 3.63) is 28.5 Å². The molecule has 1 aliphatic carbocycles. The first-order valence-electron chi connectivity index (χ1n) is 12.6. The number of nitrogens with one attached hydrogen (secondary N) is 2. The number of carbonyl (C=O) groups is 2. The first-order chi connectivity index (χ1) is 17.9. The maximum Gasteiger partial charge on any atom is 0.417 e. The Hall–Kier alpha value is -2.74. The first kappa shape index (κ1) is 26.9. The van der Waals surface area contributed by atoms with Gasteiger partial charge in [-0.2, -0.15) is 13.2 Å². The number of pyridine rings is 1. The van der Waals surface area contributed by atoms with Crippen LogP contribution in [0.1, 0.15) is 71.3 Å². The van der Waals surface area contributed by atoms with E-state index in [9.17, 15) is 31.2 Å². The van der Waals surface area contributed by atoms with Crippen molar-refractivity contribution in [2.45, 2.75) is 69.8 Å². The summed E-state index contributed by atoms with van der Waals surface area (Å²) in [7, 11) is -3.20. The van der Waals surface area contributed by atoms with E-state index in [-0.39, 0.29) is 50.5 Å². The van der Waals surface area contributed by atoms with Gasteiger partial charge in [0, 0.05) is 30.4 Å². The maximum atomic E-state index is 14.3. The number of anilines is 1. The molecule has 14 heteroatoms. The number of hydrogen-bond donors (Lipinski definition) is 2. The van der Waals surface area contributed by atoms with Gasteiger partial charge in [-0.3, -0.25) is 9.59 Å². The molecule has 2 saturated heterocycles. The van der Waals surface area contributed by atoms with Crippen LogP contribution in [0.25, 0.3) is 10.4 Å². The van der Waals surface area contributed by atoms with Crippen LogP contribution in [-0.4, -0.2) is 71.3 Å². The molecule has 0 spiro atoms. The molecule has 1 atom stereocenters. The Balaban J connectivity index is 1.53. The number of sulfone groups is 1. The van der Waals surface area contributed by atoms with Crippen molar-refractivity contribution in [1.82, 2.24) is 20.2 Å². The highest BCUT2D eigenvalue weighted by molar-refractivity contribution is 7.92. The molecule has 3 fully saturated rings. The number of hydrogen-bond acceptors (Lipinski definition) is 8. The second kappa shape index (κ2) is 10.1. The van der Waals surface area contributed by atoms with Gasteiger partial charge >= 0.3 is 6.18 Å². The van der Waals surface area contributed by atoms with E-state index < -0.39 is 39.4 Å². The minimum Gasteiger partial charge on any atom is -0.367 e. The van der Waals surface area contributed by atoms with Gasteiger partial charge in [0.05, 0.1) is 28.0 Å². The van der Waals surface area contributed by atoms with Crippen LogP contribution in [0, 0.1) is 0 Å². The lowest BCUT2D eigenvalue weighted by Crippen LogP contribution is -2.52. The summed E-state index contributed by atoms with van der Waals surface area (Å²) in [5.74, 6) is -1.61. The number of rotatable bonds is 6. The van der Waals surface area contributed by atoms with Gasteiger partial charge in [-0.15, -0.1) is 11.3 Å². The number of nitrogens with zero attached hydrogens (tertiary/aromatic N) is 3. The Morgan fingerprint density at radius 2 is 1.82 bits per heavy atom. The molecule has 3 aliphatic rings. The predicted molar refractivity (Wildman–Crippen MR) is 136 cm³/mol. The zero-order chi connectivity index (χ0) is 27.2. The first-order valence-corrected chi connectivity index (χ1v) is 15.2. The minimum atomic E-state index is -4.75. The van der Waals surface area contributed by atoms with Crippen LogP contribution >= 0.6 is 11.3 Å². The highest BCUT2D eigenvalue weighted by Gasteiger charge is 2.39. The normalized spacial score (nSPS) is 21.9. The lowest BCUT2D eigenvalue weighted by Gasteiger charge is -2.25. The van der Waals surface area contributed by atoms with Crippen LogP contribution in [0.5, 0.6) is 0 Å². The van der Waals surface area contributed by atoms with Crippen molar-refractivity contribution < 1.29 is 31.2 Å². The van der Waals surface area contributed by atoms with Crippen LogP contribution in [-0.2, 0) is 16.0 Å². The van der Waals surface area contributed by atoms with Gasteiger partial charge in [-0.1, -0.05) is 12.8 Å². The number of amides is 2. The Morgan fingerprint density at radius 3 is 2.42 bits per heavy atom. The smallest absolute Gasteiger partial charge is 0.367 e. The van der Waals surface area contributed by atoms with E-state index in [1.807, 2.05) is 6.92 Å². The number of thiazole rings is 1. The summed E-state index contributed by atoms with van der Waals surface area (Å²) < 4.78 is 65.8. The minimum absolute atomic E-state index is 0.0530. The molecular formula is C24H28F3N5O4S2. The molecule has 2 N–H and O–H groups in total. The largest absolute Gasteiger partial charge is 0.417 e. The molecular weight excluding hydrogens is 543 g/mol. The summed E-state index contributed by atoms with van der Waals surface area (Å²) in [6.45, 7) is 2.29. The summed E-state index contributed by atoms with van der Waals surface area (Å²) in [5, 5.41) is 5.41. The fourth-order valence-electron chi connectivity index (χ4n) is 5.24. The molecule has 0 bridgehead atoms. The van der Waals surface area contributed by atoms with E-state index in [4.69, 9.17) is 0 Å². The molecule has 0 aromatic carbocycles. The lowest BCUT2D eigenvalue weighted by atomic mass is 10.1. The van der Waals surface area contributed by atoms with Gasteiger partial charge in [-0.05, 0) is 38.7 Å². The summed E-state index contributed by atoms with van der Waals surface area (Å²) >= 11 is 0.674. The van der Waals surface area contributed by atoms with Crippen molar-refractivity contribution in [2.24, 2.45) is 0 Å². The summed E-state index contributed by atoms with van der Waals surface area (Å²) in [4.78, 5) is 36.2. The Kier molecular flexibility index (Phi) is 7.14. The number of carbonyl (C=O) groups excluding carboxylic acids is 2. The highest BCUT2D eigenvalue weighted by atomic mass is 32.2. The third kappa shape index (κ3) is 5.51. The SMILES string of the molecule is C[C@H]1CCCN1C(=O)c1nc(C(=O)NC2CS(=O)(=O)C2)sc1-c1cnc(NC2CCCC2)cc1C(F)(F)F. The number of alkyl halides is 3. The average Bonchev–Trinajstić information content (AvgIpc) is 3.58.